The third kappa shape index (κ3) is 2.80. The lowest BCUT2D eigenvalue weighted by Gasteiger charge is -1.98. The summed E-state index contributed by atoms with van der Waals surface area (Å²) in [7, 11) is 0. The van der Waals surface area contributed by atoms with E-state index in [0.29, 0.717) is 12.2 Å². The molecule has 6 heteroatoms. The molecule has 1 atom stereocenters. The van der Waals surface area contributed by atoms with Crippen molar-refractivity contribution < 1.29 is 14.7 Å². The number of phenolic OH excluding ortho intramolecular Hbond substituents is 1. The minimum Gasteiger partial charge on any atom is -0.508 e. The molecule has 2 aromatic rings. The molecule has 1 aromatic heterocycles. The number of rotatable bonds is 4. The van der Waals surface area contributed by atoms with Crippen LogP contribution in [0.5, 0.6) is 5.75 Å². The van der Waals surface area contributed by atoms with Gasteiger partial charge in [-0.1, -0.05) is 17.3 Å². The van der Waals surface area contributed by atoms with Crippen LogP contribution in [0.4, 0.5) is 0 Å². The molecule has 1 heterocycles. The fourth-order valence-corrected chi connectivity index (χ4v) is 1.37. The van der Waals surface area contributed by atoms with Gasteiger partial charge in [0.15, 0.2) is 5.82 Å². The molecule has 0 aliphatic heterocycles. The molecule has 0 saturated heterocycles. The van der Waals surface area contributed by atoms with Gasteiger partial charge in [-0.3, -0.25) is 0 Å². The van der Waals surface area contributed by atoms with Gasteiger partial charge in [0.2, 0.25) is 0 Å². The first-order valence-electron chi connectivity index (χ1n) is 5.17. The maximum Gasteiger partial charge on any atom is 0.256 e. The van der Waals surface area contributed by atoms with Crippen LogP contribution in [0.2, 0.25) is 0 Å². The molecule has 90 valence electrons. The Morgan fingerprint density at radius 3 is 2.65 bits per heavy atom. The van der Waals surface area contributed by atoms with Gasteiger partial charge in [0.1, 0.15) is 11.9 Å². The van der Waals surface area contributed by atoms with Gasteiger partial charge in [-0.15, -0.1) is 0 Å². The van der Waals surface area contributed by atoms with Gasteiger partial charge in [-0.2, -0.15) is 4.98 Å². The van der Waals surface area contributed by atoms with Crippen molar-refractivity contribution in [3.8, 4) is 5.75 Å². The van der Waals surface area contributed by atoms with Gasteiger partial charge in [-0.25, -0.2) is 0 Å². The topological polar surface area (TPSA) is 105 Å². The number of nitrogens with zero attached hydrogens (tertiary/aromatic N) is 2. The fourth-order valence-electron chi connectivity index (χ4n) is 1.37. The molecule has 6 nitrogen and oxygen atoms in total. The highest BCUT2D eigenvalue weighted by molar-refractivity contribution is 5.27. The minimum absolute atomic E-state index is 0.0425. The van der Waals surface area contributed by atoms with Gasteiger partial charge in [0.25, 0.3) is 5.89 Å². The van der Waals surface area contributed by atoms with E-state index in [1.807, 2.05) is 0 Å². The van der Waals surface area contributed by atoms with E-state index in [2.05, 4.69) is 10.1 Å². The monoisotopic (exact) mass is 235 g/mol. The summed E-state index contributed by atoms with van der Waals surface area (Å²) in [5.41, 5.74) is 6.22. The molecule has 0 saturated carbocycles. The molecule has 0 radical (unpaired) electrons. The molecule has 4 N–H and O–H groups in total. The quantitative estimate of drug-likeness (QED) is 0.706. The van der Waals surface area contributed by atoms with Crippen LogP contribution < -0.4 is 5.73 Å². The second-order valence-electron chi connectivity index (χ2n) is 3.64. The number of aliphatic hydroxyl groups excluding tert-OH is 1. The van der Waals surface area contributed by atoms with Crippen molar-refractivity contribution >= 4 is 0 Å². The van der Waals surface area contributed by atoms with Gasteiger partial charge >= 0.3 is 0 Å². The van der Waals surface area contributed by atoms with E-state index in [1.54, 1.807) is 24.3 Å². The molecule has 0 aliphatic rings. The third-order valence-electron chi connectivity index (χ3n) is 2.29. The summed E-state index contributed by atoms with van der Waals surface area (Å²) in [6.07, 6.45) is -0.447. The highest BCUT2D eigenvalue weighted by atomic mass is 16.5. The predicted molar refractivity (Wildman–Crippen MR) is 59.2 cm³/mol. The zero-order valence-electron chi connectivity index (χ0n) is 9.08. The highest BCUT2D eigenvalue weighted by Crippen LogP contribution is 2.14. The first kappa shape index (κ1) is 11.6. The average Bonchev–Trinajstić information content (AvgIpc) is 2.80. The Morgan fingerprint density at radius 1 is 1.29 bits per heavy atom. The summed E-state index contributed by atoms with van der Waals surface area (Å²) < 4.78 is 4.87. The van der Waals surface area contributed by atoms with Gasteiger partial charge in [0.05, 0.1) is 0 Å². The van der Waals surface area contributed by atoms with Crippen molar-refractivity contribution in [3.63, 3.8) is 0 Å². The zero-order valence-corrected chi connectivity index (χ0v) is 9.08. The molecule has 1 aromatic carbocycles. The summed E-state index contributed by atoms with van der Waals surface area (Å²) in [4.78, 5) is 4.03. The number of aliphatic hydroxyl groups is 1. The van der Waals surface area contributed by atoms with Crippen molar-refractivity contribution in [2.24, 2.45) is 5.73 Å². The van der Waals surface area contributed by atoms with Crippen LogP contribution in [0.3, 0.4) is 0 Å². The van der Waals surface area contributed by atoms with Gasteiger partial charge in [0, 0.05) is 13.0 Å². The molecule has 17 heavy (non-hydrogen) atoms. The predicted octanol–water partition coefficient (Wildman–Crippen LogP) is 0.358. The van der Waals surface area contributed by atoms with Crippen LogP contribution in [0.25, 0.3) is 0 Å². The second kappa shape index (κ2) is 4.94. The number of benzene rings is 1. The van der Waals surface area contributed by atoms with E-state index in [9.17, 15) is 5.11 Å². The van der Waals surface area contributed by atoms with Crippen molar-refractivity contribution in [2.45, 2.75) is 12.5 Å². The first-order chi connectivity index (χ1) is 8.19. The number of nitrogens with two attached hydrogens (primary N) is 1. The Morgan fingerprint density at radius 2 is 2.00 bits per heavy atom. The average molecular weight is 235 g/mol. The molecule has 0 aliphatic carbocycles. The lowest BCUT2D eigenvalue weighted by atomic mass is 10.1. The van der Waals surface area contributed by atoms with E-state index in [-0.39, 0.29) is 18.2 Å². The number of phenols is 1. The second-order valence-corrected chi connectivity index (χ2v) is 3.64. The molecule has 0 unspecified atom stereocenters. The van der Waals surface area contributed by atoms with Crippen LogP contribution in [0.15, 0.2) is 28.8 Å². The molecule has 0 spiro atoms. The molecule has 0 bridgehead atoms. The maximum atomic E-state index is 9.39. The van der Waals surface area contributed by atoms with E-state index < -0.39 is 6.10 Å². The number of hydrogen-bond acceptors (Lipinski definition) is 6. The highest BCUT2D eigenvalue weighted by Gasteiger charge is 2.14. The normalized spacial score (nSPS) is 12.6. The van der Waals surface area contributed by atoms with Crippen LogP contribution in [0.1, 0.15) is 23.4 Å². The minimum atomic E-state index is -0.920. The largest absolute Gasteiger partial charge is 0.508 e. The Balaban J connectivity index is 2.08. The Hall–Kier alpha value is -1.92. The van der Waals surface area contributed by atoms with Crippen molar-refractivity contribution in [2.75, 3.05) is 6.54 Å². The molecular weight excluding hydrogens is 222 g/mol. The summed E-state index contributed by atoms with van der Waals surface area (Å²) >= 11 is 0. The van der Waals surface area contributed by atoms with E-state index in [0.717, 1.165) is 5.56 Å². The Bertz CT molecular complexity index is 481. The van der Waals surface area contributed by atoms with Crippen molar-refractivity contribution in [3.05, 3.63) is 41.5 Å². The number of aromatic nitrogens is 2. The van der Waals surface area contributed by atoms with Crippen LogP contribution in [-0.2, 0) is 6.42 Å². The van der Waals surface area contributed by atoms with Crippen molar-refractivity contribution in [1.29, 1.82) is 0 Å². The van der Waals surface area contributed by atoms with Crippen LogP contribution in [0, 0.1) is 0 Å². The van der Waals surface area contributed by atoms with Gasteiger partial charge < -0.3 is 20.5 Å². The summed E-state index contributed by atoms with van der Waals surface area (Å²) in [6, 6.07) is 6.71. The first-order valence-corrected chi connectivity index (χ1v) is 5.17. The van der Waals surface area contributed by atoms with Crippen molar-refractivity contribution in [1.82, 2.24) is 10.1 Å². The van der Waals surface area contributed by atoms with Gasteiger partial charge in [-0.05, 0) is 17.7 Å². The summed E-state index contributed by atoms with van der Waals surface area (Å²) in [5, 5.41) is 22.3. The summed E-state index contributed by atoms with van der Waals surface area (Å²) in [5.74, 6) is 0.806. The zero-order chi connectivity index (χ0) is 12.3. The smallest absolute Gasteiger partial charge is 0.256 e. The third-order valence-corrected chi connectivity index (χ3v) is 2.29. The fraction of sp³-hybridized carbons (Fsp3) is 0.273. The Labute approximate surface area is 97.7 Å². The molecule has 2 rings (SSSR count). The van der Waals surface area contributed by atoms with E-state index >= 15 is 0 Å². The van der Waals surface area contributed by atoms with Crippen LogP contribution in [-0.4, -0.2) is 26.9 Å². The number of aromatic hydroxyl groups is 1. The Kier molecular flexibility index (Phi) is 3.36. The SMILES string of the molecule is NC[C@H](O)c1nc(Cc2ccc(O)cc2)no1. The lowest BCUT2D eigenvalue weighted by Crippen LogP contribution is -2.11. The molecule has 0 fully saturated rings. The summed E-state index contributed by atoms with van der Waals surface area (Å²) in [6.45, 7) is 0.0425. The lowest BCUT2D eigenvalue weighted by molar-refractivity contribution is 0.141. The van der Waals surface area contributed by atoms with Crippen LogP contribution >= 0.6 is 0 Å². The van der Waals surface area contributed by atoms with E-state index in [1.165, 1.54) is 0 Å². The van der Waals surface area contributed by atoms with E-state index in [4.69, 9.17) is 15.4 Å². The molecular formula is C11H13N3O3. The standard InChI is InChI=1S/C11H13N3O3/c12-6-9(16)11-13-10(14-17-11)5-7-1-3-8(15)4-2-7/h1-4,9,15-16H,5-6,12H2/t9-/m0/s1. The molecule has 0 amide bonds. The number of hydrogen-bond donors (Lipinski definition) is 3. The maximum absolute atomic E-state index is 9.39.